The summed E-state index contributed by atoms with van der Waals surface area (Å²) < 4.78 is 0.993. The highest BCUT2D eigenvalue weighted by Crippen LogP contribution is 2.31. The van der Waals surface area contributed by atoms with Crippen molar-refractivity contribution in [3.8, 4) is 0 Å². The molecule has 4 nitrogen and oxygen atoms in total. The Bertz CT molecular complexity index is 531. The maximum atomic E-state index is 12.6. The Morgan fingerprint density at radius 2 is 2.15 bits per heavy atom. The van der Waals surface area contributed by atoms with Crippen LogP contribution in [-0.2, 0) is 16.1 Å². The summed E-state index contributed by atoms with van der Waals surface area (Å²) in [6.07, 6.45) is 1.22. The molecule has 110 valence electrons. The van der Waals surface area contributed by atoms with Crippen LogP contribution in [0.5, 0.6) is 0 Å². The van der Waals surface area contributed by atoms with Gasteiger partial charge in [0, 0.05) is 9.35 Å². The molecule has 1 aromatic heterocycles. The summed E-state index contributed by atoms with van der Waals surface area (Å²) in [4.78, 5) is 27.8. The van der Waals surface area contributed by atoms with Gasteiger partial charge in [-0.1, -0.05) is 13.8 Å². The van der Waals surface area contributed by atoms with Crippen molar-refractivity contribution in [1.82, 2.24) is 10.2 Å². The van der Waals surface area contributed by atoms with E-state index in [1.165, 1.54) is 0 Å². The largest absolute Gasteiger partial charge is 0.342 e. The molecule has 0 saturated carbocycles. The normalized spacial score (nSPS) is 26.8. The highest BCUT2D eigenvalue weighted by molar-refractivity contribution is 9.10. The van der Waals surface area contributed by atoms with Crippen LogP contribution in [0, 0.1) is 0 Å². The third-order valence-corrected chi connectivity index (χ3v) is 5.95. The number of hydrogen-bond acceptors (Lipinski definition) is 3. The van der Waals surface area contributed by atoms with E-state index in [0.29, 0.717) is 19.4 Å². The first-order valence-electron chi connectivity index (χ1n) is 6.78. The van der Waals surface area contributed by atoms with Crippen molar-refractivity contribution < 1.29 is 9.59 Å². The van der Waals surface area contributed by atoms with Crippen LogP contribution in [0.25, 0.3) is 0 Å². The average Bonchev–Trinajstić information content (AvgIpc) is 2.84. The number of nitrogens with zero attached hydrogens (tertiary/aromatic N) is 1. The molecule has 1 fully saturated rings. The van der Waals surface area contributed by atoms with Crippen molar-refractivity contribution in [2.24, 2.45) is 0 Å². The molecule has 2 unspecified atom stereocenters. The van der Waals surface area contributed by atoms with Crippen LogP contribution >= 0.6 is 27.3 Å². The molecular formula is C14H19BrN2O2S. The van der Waals surface area contributed by atoms with Crippen LogP contribution in [0.15, 0.2) is 15.9 Å². The predicted octanol–water partition coefficient (Wildman–Crippen LogP) is 2.92. The number of nitrogens with one attached hydrogen (secondary N) is 1. The molecule has 1 N–H and O–H groups in total. The van der Waals surface area contributed by atoms with Gasteiger partial charge in [-0.3, -0.25) is 9.59 Å². The fourth-order valence-electron chi connectivity index (χ4n) is 2.39. The van der Waals surface area contributed by atoms with Crippen molar-refractivity contribution in [3.05, 3.63) is 20.8 Å². The Hall–Kier alpha value is -0.880. The number of rotatable bonds is 4. The van der Waals surface area contributed by atoms with Gasteiger partial charge in [-0.2, -0.15) is 0 Å². The number of carbonyl (C=O) groups is 2. The molecule has 0 spiro atoms. The van der Waals surface area contributed by atoms with Gasteiger partial charge in [0.25, 0.3) is 0 Å². The lowest BCUT2D eigenvalue weighted by atomic mass is 9.90. The van der Waals surface area contributed by atoms with Gasteiger partial charge in [0.15, 0.2) is 0 Å². The smallest absolute Gasteiger partial charge is 0.246 e. The highest BCUT2D eigenvalue weighted by atomic mass is 79.9. The molecule has 1 aromatic rings. The second kappa shape index (κ2) is 5.85. The van der Waals surface area contributed by atoms with Gasteiger partial charge < -0.3 is 10.2 Å². The lowest BCUT2D eigenvalue weighted by Crippen LogP contribution is -2.68. The molecule has 0 aliphatic carbocycles. The van der Waals surface area contributed by atoms with E-state index in [1.807, 2.05) is 32.2 Å². The number of carbonyl (C=O) groups excluding carboxylic acids is 2. The van der Waals surface area contributed by atoms with Crippen molar-refractivity contribution in [2.45, 2.75) is 51.7 Å². The minimum Gasteiger partial charge on any atom is -0.342 e. The molecule has 0 aromatic carbocycles. The van der Waals surface area contributed by atoms with Gasteiger partial charge in [-0.05, 0) is 47.1 Å². The molecule has 1 saturated heterocycles. The number of piperazine rings is 1. The van der Waals surface area contributed by atoms with Crippen molar-refractivity contribution >= 4 is 39.1 Å². The molecule has 1 aliphatic heterocycles. The van der Waals surface area contributed by atoms with E-state index >= 15 is 0 Å². The lowest BCUT2D eigenvalue weighted by molar-refractivity contribution is -0.157. The summed E-state index contributed by atoms with van der Waals surface area (Å²) in [7, 11) is 0. The third kappa shape index (κ3) is 2.51. The second-order valence-electron chi connectivity index (χ2n) is 5.18. The first kappa shape index (κ1) is 15.5. The van der Waals surface area contributed by atoms with E-state index in [4.69, 9.17) is 0 Å². The monoisotopic (exact) mass is 358 g/mol. The second-order valence-corrected chi connectivity index (χ2v) is 7.03. The summed E-state index contributed by atoms with van der Waals surface area (Å²) in [6.45, 7) is 6.17. The molecule has 2 amide bonds. The molecular weight excluding hydrogens is 340 g/mol. The van der Waals surface area contributed by atoms with E-state index in [0.717, 1.165) is 9.35 Å². The van der Waals surface area contributed by atoms with E-state index in [1.54, 1.807) is 16.2 Å². The first-order valence-corrected chi connectivity index (χ1v) is 8.45. The van der Waals surface area contributed by atoms with Gasteiger partial charge in [0.2, 0.25) is 11.8 Å². The summed E-state index contributed by atoms with van der Waals surface area (Å²) in [5.74, 6) is -0.0455. The third-order valence-electron chi connectivity index (χ3n) is 4.04. The van der Waals surface area contributed by atoms with E-state index in [2.05, 4.69) is 21.2 Å². The predicted molar refractivity (Wildman–Crippen MR) is 83.5 cm³/mol. The zero-order chi connectivity index (χ0) is 14.9. The minimum absolute atomic E-state index is 0.0109. The topological polar surface area (TPSA) is 49.4 Å². The Kier molecular flexibility index (Phi) is 4.54. The van der Waals surface area contributed by atoms with Crippen molar-refractivity contribution in [2.75, 3.05) is 0 Å². The van der Waals surface area contributed by atoms with Gasteiger partial charge in [-0.15, -0.1) is 11.3 Å². The molecule has 2 heterocycles. The molecule has 1 aliphatic rings. The minimum atomic E-state index is -0.772. The van der Waals surface area contributed by atoms with E-state index < -0.39 is 11.6 Å². The molecule has 2 atom stereocenters. The number of thiophene rings is 1. The van der Waals surface area contributed by atoms with Crippen molar-refractivity contribution in [3.63, 3.8) is 0 Å². The summed E-state index contributed by atoms with van der Waals surface area (Å²) >= 11 is 5.09. The molecule has 0 bridgehead atoms. The fourth-order valence-corrected chi connectivity index (χ4v) is 3.86. The summed E-state index contributed by atoms with van der Waals surface area (Å²) in [5.41, 5.74) is -0.772. The van der Waals surface area contributed by atoms with Crippen LogP contribution in [0.3, 0.4) is 0 Å². The summed E-state index contributed by atoms with van der Waals surface area (Å²) in [6, 6.07) is 1.57. The fraction of sp³-hybridized carbons (Fsp3) is 0.571. The highest BCUT2D eigenvalue weighted by Gasteiger charge is 2.47. The van der Waals surface area contributed by atoms with E-state index in [9.17, 15) is 9.59 Å². The van der Waals surface area contributed by atoms with Gasteiger partial charge in [0.1, 0.15) is 11.6 Å². The Labute approximate surface area is 131 Å². The van der Waals surface area contributed by atoms with E-state index in [-0.39, 0.29) is 11.8 Å². The van der Waals surface area contributed by atoms with Crippen LogP contribution in [0.2, 0.25) is 0 Å². The van der Waals surface area contributed by atoms with Crippen LogP contribution < -0.4 is 5.32 Å². The Balaban J connectivity index is 2.35. The maximum absolute atomic E-state index is 12.6. The average molecular weight is 359 g/mol. The Morgan fingerprint density at radius 3 is 2.65 bits per heavy atom. The SMILES string of the molecule is CCC1NC(=O)C(C)(CC)N(Cc2sccc2Br)C1=O. The van der Waals surface area contributed by atoms with Gasteiger partial charge >= 0.3 is 0 Å². The Morgan fingerprint density at radius 1 is 1.45 bits per heavy atom. The van der Waals surface area contributed by atoms with Crippen LogP contribution in [-0.4, -0.2) is 28.3 Å². The van der Waals surface area contributed by atoms with Crippen LogP contribution in [0.1, 0.15) is 38.5 Å². The molecule has 20 heavy (non-hydrogen) atoms. The number of hydrogen-bond donors (Lipinski definition) is 1. The molecule has 6 heteroatoms. The molecule has 0 radical (unpaired) electrons. The zero-order valence-corrected chi connectivity index (χ0v) is 14.3. The van der Waals surface area contributed by atoms with Gasteiger partial charge in [-0.25, -0.2) is 0 Å². The number of halogens is 1. The molecule has 2 rings (SSSR count). The first-order chi connectivity index (χ1) is 9.43. The van der Waals surface area contributed by atoms with Gasteiger partial charge in [0.05, 0.1) is 6.54 Å². The quantitative estimate of drug-likeness (QED) is 0.899. The lowest BCUT2D eigenvalue weighted by Gasteiger charge is -2.45. The zero-order valence-electron chi connectivity index (χ0n) is 11.9. The maximum Gasteiger partial charge on any atom is 0.246 e. The standard InChI is InChI=1S/C14H19BrN2O2S/c1-4-10-12(18)17(8-11-9(15)6-7-20-11)14(3,5-2)13(19)16-10/h6-7,10H,4-5,8H2,1-3H3,(H,16,19). The summed E-state index contributed by atoms with van der Waals surface area (Å²) in [5, 5.41) is 4.82. The van der Waals surface area contributed by atoms with Crippen molar-refractivity contribution in [1.29, 1.82) is 0 Å². The number of amides is 2. The van der Waals surface area contributed by atoms with Crippen LogP contribution in [0.4, 0.5) is 0 Å².